The summed E-state index contributed by atoms with van der Waals surface area (Å²) in [5, 5.41) is 22.4. The van der Waals surface area contributed by atoms with Crippen molar-refractivity contribution in [1.29, 1.82) is 0 Å². The summed E-state index contributed by atoms with van der Waals surface area (Å²) >= 11 is 0. The largest absolute Gasteiger partial charge is 0.507 e. The van der Waals surface area contributed by atoms with Crippen LogP contribution < -0.4 is 0 Å². The van der Waals surface area contributed by atoms with E-state index in [4.69, 9.17) is 0 Å². The van der Waals surface area contributed by atoms with Crippen LogP contribution >= 0.6 is 0 Å². The zero-order chi connectivity index (χ0) is 38.2. The van der Waals surface area contributed by atoms with Crippen LogP contribution in [0.25, 0.3) is 11.1 Å². The van der Waals surface area contributed by atoms with E-state index in [1.165, 1.54) is 16.7 Å². The molecule has 4 nitrogen and oxygen atoms in total. The Hall–Kier alpha value is -5.48. The van der Waals surface area contributed by atoms with Crippen LogP contribution in [0, 0.1) is 0 Å². The number of nitrogens with zero attached hydrogens (tertiary/aromatic N) is 2. The molecular formula is C49H52N2O2. The van der Waals surface area contributed by atoms with Crippen molar-refractivity contribution in [3.8, 4) is 22.6 Å². The van der Waals surface area contributed by atoms with Crippen LogP contribution in [0.3, 0.4) is 0 Å². The van der Waals surface area contributed by atoms with E-state index in [1.54, 1.807) is 24.7 Å². The Morgan fingerprint density at radius 3 is 1.34 bits per heavy atom. The van der Waals surface area contributed by atoms with Gasteiger partial charge >= 0.3 is 0 Å². The molecule has 0 radical (unpaired) electrons. The van der Waals surface area contributed by atoms with Crippen molar-refractivity contribution in [2.24, 2.45) is 4.99 Å². The Bertz CT molecular complexity index is 2070. The summed E-state index contributed by atoms with van der Waals surface area (Å²) in [6, 6.07) is 41.9. The smallest absolute Gasteiger partial charge is 0.141 e. The van der Waals surface area contributed by atoms with Crippen molar-refractivity contribution >= 4 is 11.9 Å². The van der Waals surface area contributed by atoms with Gasteiger partial charge in [-0.15, -0.1) is 0 Å². The van der Waals surface area contributed by atoms with Crippen LogP contribution in [0.2, 0.25) is 0 Å². The van der Waals surface area contributed by atoms with Gasteiger partial charge in [0, 0.05) is 29.7 Å². The third-order valence-corrected chi connectivity index (χ3v) is 10.3. The zero-order valence-corrected chi connectivity index (χ0v) is 32.6. The number of aromatic nitrogens is 1. The number of pyridine rings is 1. The first-order chi connectivity index (χ1) is 25.0. The Balaban J connectivity index is 1.54. The van der Waals surface area contributed by atoms with E-state index in [0.717, 1.165) is 33.4 Å². The third-order valence-electron chi connectivity index (χ3n) is 10.3. The molecule has 6 aromatic rings. The van der Waals surface area contributed by atoms with Gasteiger partial charge in [-0.05, 0) is 91.1 Å². The maximum atomic E-state index is 11.7. The van der Waals surface area contributed by atoms with E-state index in [1.807, 2.05) is 36.4 Å². The van der Waals surface area contributed by atoms with Gasteiger partial charge in [0.25, 0.3) is 0 Å². The maximum absolute atomic E-state index is 11.7. The maximum Gasteiger partial charge on any atom is 0.141 e. The molecule has 270 valence electrons. The molecule has 2 N–H and O–H groups in total. The molecule has 0 aliphatic carbocycles. The van der Waals surface area contributed by atoms with Crippen LogP contribution in [0.15, 0.2) is 139 Å². The average molecular weight is 701 g/mol. The molecule has 1 heterocycles. The van der Waals surface area contributed by atoms with Crippen molar-refractivity contribution in [2.45, 2.75) is 84.0 Å². The summed E-state index contributed by atoms with van der Waals surface area (Å²) < 4.78 is 0. The zero-order valence-electron chi connectivity index (χ0n) is 32.6. The number of hydrogen-bond donors (Lipinski definition) is 2. The predicted octanol–water partition coefficient (Wildman–Crippen LogP) is 12.2. The first kappa shape index (κ1) is 37.3. The molecular weight excluding hydrogens is 649 g/mol. The van der Waals surface area contributed by atoms with Gasteiger partial charge in [0.2, 0.25) is 0 Å². The Morgan fingerprint density at radius 1 is 0.472 bits per heavy atom. The topological polar surface area (TPSA) is 65.7 Å². The minimum atomic E-state index is -0.765. The van der Waals surface area contributed by atoms with Crippen LogP contribution in [0.5, 0.6) is 11.5 Å². The number of rotatable bonds is 7. The predicted molar refractivity (Wildman–Crippen MR) is 221 cm³/mol. The summed E-state index contributed by atoms with van der Waals surface area (Å²) in [6.07, 6.45) is 5.11. The monoisotopic (exact) mass is 700 g/mol. The van der Waals surface area contributed by atoms with Crippen LogP contribution in [0.1, 0.15) is 107 Å². The molecule has 0 saturated carbocycles. The van der Waals surface area contributed by atoms with Crippen molar-refractivity contribution in [3.05, 3.63) is 178 Å². The minimum absolute atomic E-state index is 0.00619. The average Bonchev–Trinajstić information content (AvgIpc) is 3.12. The SMILES string of the molecule is CC(C)(C)c1ccc(C(c2ccc(C(C)(C)C)cc2)(c2ccc(C(C)(C)C)cc2)c2ccc(N=Cc3cc(-c4cccnc4)ccc3O)c(O)c2)cc1. The highest BCUT2D eigenvalue weighted by Crippen LogP contribution is 2.48. The minimum Gasteiger partial charge on any atom is -0.507 e. The van der Waals surface area contributed by atoms with E-state index in [-0.39, 0.29) is 27.7 Å². The number of phenolic OH excluding ortho intramolecular Hbond substituents is 2. The number of benzene rings is 5. The van der Waals surface area contributed by atoms with E-state index in [2.05, 4.69) is 151 Å². The molecule has 0 fully saturated rings. The fourth-order valence-corrected chi connectivity index (χ4v) is 7.04. The second-order valence-corrected chi connectivity index (χ2v) is 17.2. The Morgan fingerprint density at radius 2 is 0.925 bits per heavy atom. The summed E-state index contributed by atoms with van der Waals surface area (Å²) in [7, 11) is 0. The van der Waals surface area contributed by atoms with Crippen molar-refractivity contribution in [3.63, 3.8) is 0 Å². The first-order valence-corrected chi connectivity index (χ1v) is 18.4. The van der Waals surface area contributed by atoms with Gasteiger partial charge in [-0.1, -0.05) is 153 Å². The van der Waals surface area contributed by atoms with Gasteiger partial charge in [0.05, 0.1) is 5.41 Å². The lowest BCUT2D eigenvalue weighted by molar-refractivity contribution is 0.473. The molecule has 0 aliphatic heterocycles. The quantitative estimate of drug-likeness (QED) is 0.129. The molecule has 0 saturated heterocycles. The highest BCUT2D eigenvalue weighted by atomic mass is 16.3. The molecule has 1 aromatic heterocycles. The second-order valence-electron chi connectivity index (χ2n) is 17.2. The normalized spacial score (nSPS) is 12.7. The van der Waals surface area contributed by atoms with Crippen molar-refractivity contribution in [2.75, 3.05) is 0 Å². The van der Waals surface area contributed by atoms with Gasteiger partial charge in [0.1, 0.15) is 17.2 Å². The van der Waals surface area contributed by atoms with Crippen LogP contribution in [0.4, 0.5) is 5.69 Å². The molecule has 0 spiro atoms. The van der Waals surface area contributed by atoms with Crippen LogP contribution in [-0.4, -0.2) is 21.4 Å². The van der Waals surface area contributed by atoms with Gasteiger partial charge in [-0.25, -0.2) is 0 Å². The number of hydrogen-bond acceptors (Lipinski definition) is 4. The molecule has 0 bridgehead atoms. The van der Waals surface area contributed by atoms with E-state index < -0.39 is 5.41 Å². The molecule has 0 unspecified atom stereocenters. The molecule has 53 heavy (non-hydrogen) atoms. The Labute approximate surface area is 316 Å². The van der Waals surface area contributed by atoms with E-state index in [9.17, 15) is 10.2 Å². The van der Waals surface area contributed by atoms with E-state index in [0.29, 0.717) is 11.3 Å². The third kappa shape index (κ3) is 7.69. The molecule has 5 aromatic carbocycles. The van der Waals surface area contributed by atoms with Gasteiger partial charge in [0.15, 0.2) is 0 Å². The van der Waals surface area contributed by atoms with Gasteiger partial charge in [-0.3, -0.25) is 9.98 Å². The summed E-state index contributed by atoms with van der Waals surface area (Å²) in [5.41, 5.74) is 10.0. The van der Waals surface area contributed by atoms with Crippen molar-refractivity contribution in [1.82, 2.24) is 4.98 Å². The van der Waals surface area contributed by atoms with E-state index >= 15 is 0 Å². The lowest BCUT2D eigenvalue weighted by atomic mass is 9.64. The summed E-state index contributed by atoms with van der Waals surface area (Å²) in [6.45, 7) is 20.1. The lowest BCUT2D eigenvalue weighted by Gasteiger charge is -2.38. The highest BCUT2D eigenvalue weighted by Gasteiger charge is 2.39. The standard InChI is InChI=1S/C49H52N2O2/c1-46(2,3)36-13-19-39(20-14-36)49(40-21-15-37(16-22-40)47(4,5)6,41-23-17-38(18-24-41)48(7,8)9)42-25-26-43(45(53)30-42)51-32-35-29-33(12-27-44(35)52)34-11-10-28-50-31-34/h10-32,52-53H,1-9H3. The Kier molecular flexibility index (Phi) is 9.96. The van der Waals surface area contributed by atoms with Crippen molar-refractivity contribution < 1.29 is 10.2 Å². The molecule has 4 heteroatoms. The van der Waals surface area contributed by atoms with Gasteiger partial charge in [-0.2, -0.15) is 0 Å². The lowest BCUT2D eigenvalue weighted by Crippen LogP contribution is -2.31. The van der Waals surface area contributed by atoms with Crippen LogP contribution in [-0.2, 0) is 21.7 Å². The summed E-state index contributed by atoms with van der Waals surface area (Å²) in [4.78, 5) is 8.91. The second kappa shape index (κ2) is 14.2. The molecule has 6 rings (SSSR count). The van der Waals surface area contributed by atoms with Gasteiger partial charge < -0.3 is 10.2 Å². The summed E-state index contributed by atoms with van der Waals surface area (Å²) in [5.74, 6) is 0.155. The number of aliphatic imine (C=N–C) groups is 1. The fourth-order valence-electron chi connectivity index (χ4n) is 7.04. The molecule has 0 atom stereocenters. The number of phenols is 2. The molecule has 0 aliphatic rings. The number of aromatic hydroxyl groups is 2. The molecule has 0 amide bonds. The highest BCUT2D eigenvalue weighted by molar-refractivity contribution is 5.88. The first-order valence-electron chi connectivity index (χ1n) is 18.4. The fraction of sp³-hybridized carbons (Fsp3) is 0.265.